The van der Waals surface area contributed by atoms with Gasteiger partial charge in [0, 0.05) is 11.3 Å². The van der Waals surface area contributed by atoms with Crippen LogP contribution in [0, 0.1) is 6.92 Å². The van der Waals surface area contributed by atoms with Gasteiger partial charge in [0.2, 0.25) is 0 Å². The molecule has 1 heterocycles. The summed E-state index contributed by atoms with van der Waals surface area (Å²) in [4.78, 5) is 4.50. The first-order valence-electron chi connectivity index (χ1n) is 5.32. The summed E-state index contributed by atoms with van der Waals surface area (Å²) in [6.45, 7) is 4.18. The van der Waals surface area contributed by atoms with Crippen molar-refractivity contribution in [3.8, 4) is 11.3 Å². The molecule has 0 amide bonds. The second kappa shape index (κ2) is 4.26. The summed E-state index contributed by atoms with van der Waals surface area (Å²) >= 11 is 0. The van der Waals surface area contributed by atoms with Crippen molar-refractivity contribution in [1.82, 2.24) is 4.98 Å². The first-order chi connectivity index (χ1) is 7.29. The molecule has 0 saturated carbocycles. The maximum absolute atomic E-state index is 4.50. The van der Waals surface area contributed by atoms with E-state index in [1.807, 2.05) is 25.1 Å². The monoisotopic (exact) mass is 197 g/mol. The Kier molecular flexibility index (Phi) is 2.82. The van der Waals surface area contributed by atoms with Crippen LogP contribution in [0.25, 0.3) is 11.3 Å². The van der Waals surface area contributed by atoms with Crippen LogP contribution in [-0.2, 0) is 6.42 Å². The van der Waals surface area contributed by atoms with E-state index in [0.717, 1.165) is 17.8 Å². The average molecular weight is 197 g/mol. The smallest absolute Gasteiger partial charge is 0.0705 e. The largest absolute Gasteiger partial charge is 0.253 e. The first kappa shape index (κ1) is 9.91. The van der Waals surface area contributed by atoms with Crippen molar-refractivity contribution in [2.45, 2.75) is 20.3 Å². The summed E-state index contributed by atoms with van der Waals surface area (Å²) < 4.78 is 0. The lowest BCUT2D eigenvalue weighted by molar-refractivity contribution is 1.14. The number of hydrogen-bond donors (Lipinski definition) is 0. The number of aromatic nitrogens is 1. The highest BCUT2D eigenvalue weighted by Gasteiger charge is 1.98. The zero-order valence-electron chi connectivity index (χ0n) is 9.20. The van der Waals surface area contributed by atoms with Gasteiger partial charge in [-0.15, -0.1) is 0 Å². The van der Waals surface area contributed by atoms with Gasteiger partial charge in [0.15, 0.2) is 0 Å². The molecule has 0 aliphatic carbocycles. The van der Waals surface area contributed by atoms with Crippen molar-refractivity contribution in [3.05, 3.63) is 53.7 Å². The van der Waals surface area contributed by atoms with Gasteiger partial charge < -0.3 is 0 Å². The van der Waals surface area contributed by atoms with E-state index in [1.165, 1.54) is 11.1 Å². The van der Waals surface area contributed by atoms with Crippen LogP contribution in [0.5, 0.6) is 0 Å². The SMILES string of the molecule is CCc1ccc(-c2cccc(C)n2)cc1. The minimum absolute atomic E-state index is 1.05. The van der Waals surface area contributed by atoms with Crippen molar-refractivity contribution < 1.29 is 0 Å². The van der Waals surface area contributed by atoms with Crippen molar-refractivity contribution in [3.63, 3.8) is 0 Å². The van der Waals surface area contributed by atoms with Gasteiger partial charge in [0.1, 0.15) is 0 Å². The molecule has 0 aliphatic heterocycles. The van der Waals surface area contributed by atoms with Crippen molar-refractivity contribution in [2.24, 2.45) is 0 Å². The molecule has 15 heavy (non-hydrogen) atoms. The molecular formula is C14H15N. The Hall–Kier alpha value is -1.63. The van der Waals surface area contributed by atoms with E-state index >= 15 is 0 Å². The zero-order chi connectivity index (χ0) is 10.7. The number of hydrogen-bond acceptors (Lipinski definition) is 1. The molecule has 0 aliphatic rings. The molecule has 0 saturated heterocycles. The molecule has 1 aromatic heterocycles. The third-order valence-electron chi connectivity index (χ3n) is 2.55. The van der Waals surface area contributed by atoms with Crippen LogP contribution in [0.1, 0.15) is 18.2 Å². The summed E-state index contributed by atoms with van der Waals surface area (Å²) in [7, 11) is 0. The highest BCUT2D eigenvalue weighted by atomic mass is 14.7. The highest BCUT2D eigenvalue weighted by molar-refractivity contribution is 5.59. The predicted octanol–water partition coefficient (Wildman–Crippen LogP) is 3.62. The van der Waals surface area contributed by atoms with Crippen LogP contribution in [0.3, 0.4) is 0 Å². The highest BCUT2D eigenvalue weighted by Crippen LogP contribution is 2.17. The third kappa shape index (κ3) is 2.24. The van der Waals surface area contributed by atoms with E-state index in [-0.39, 0.29) is 0 Å². The average Bonchev–Trinajstić information content (AvgIpc) is 2.29. The maximum atomic E-state index is 4.50. The van der Waals surface area contributed by atoms with Gasteiger partial charge in [-0.3, -0.25) is 4.98 Å². The second-order valence-electron chi connectivity index (χ2n) is 3.71. The Balaban J connectivity index is 2.37. The molecule has 0 spiro atoms. The zero-order valence-corrected chi connectivity index (χ0v) is 9.20. The van der Waals surface area contributed by atoms with Crippen LogP contribution >= 0.6 is 0 Å². The summed E-state index contributed by atoms with van der Waals surface area (Å²) in [5.41, 5.74) is 4.67. The minimum Gasteiger partial charge on any atom is -0.253 e. The summed E-state index contributed by atoms with van der Waals surface area (Å²) in [6.07, 6.45) is 1.08. The van der Waals surface area contributed by atoms with Gasteiger partial charge in [-0.2, -0.15) is 0 Å². The van der Waals surface area contributed by atoms with Crippen LogP contribution in [-0.4, -0.2) is 4.98 Å². The Morgan fingerprint density at radius 2 is 1.73 bits per heavy atom. The molecule has 0 fully saturated rings. The van der Waals surface area contributed by atoms with Crippen LogP contribution in [0.2, 0.25) is 0 Å². The topological polar surface area (TPSA) is 12.9 Å². The van der Waals surface area contributed by atoms with Gasteiger partial charge in [-0.05, 0) is 31.0 Å². The van der Waals surface area contributed by atoms with Gasteiger partial charge in [-0.1, -0.05) is 37.3 Å². The lowest BCUT2D eigenvalue weighted by atomic mass is 10.1. The molecule has 1 heteroatoms. The fraction of sp³-hybridized carbons (Fsp3) is 0.214. The summed E-state index contributed by atoms with van der Waals surface area (Å²) in [6, 6.07) is 14.7. The molecule has 0 unspecified atom stereocenters. The maximum Gasteiger partial charge on any atom is 0.0705 e. The Labute approximate surface area is 90.8 Å². The van der Waals surface area contributed by atoms with E-state index in [2.05, 4.69) is 36.2 Å². The predicted molar refractivity (Wildman–Crippen MR) is 63.8 cm³/mol. The van der Waals surface area contributed by atoms with E-state index in [9.17, 15) is 0 Å². The third-order valence-corrected chi connectivity index (χ3v) is 2.55. The number of rotatable bonds is 2. The number of pyridine rings is 1. The molecule has 0 radical (unpaired) electrons. The Bertz CT molecular complexity index is 443. The molecule has 2 aromatic rings. The van der Waals surface area contributed by atoms with E-state index in [0.29, 0.717) is 0 Å². The van der Waals surface area contributed by atoms with Crippen molar-refractivity contribution >= 4 is 0 Å². The Morgan fingerprint density at radius 3 is 2.33 bits per heavy atom. The van der Waals surface area contributed by atoms with E-state index < -0.39 is 0 Å². The van der Waals surface area contributed by atoms with Gasteiger partial charge in [0.25, 0.3) is 0 Å². The standard InChI is InChI=1S/C14H15N/c1-3-12-7-9-13(10-8-12)14-6-4-5-11(2)15-14/h4-10H,3H2,1-2H3. The molecule has 2 rings (SSSR count). The lowest BCUT2D eigenvalue weighted by Crippen LogP contribution is -1.86. The fourth-order valence-corrected chi connectivity index (χ4v) is 1.62. The number of nitrogens with zero attached hydrogens (tertiary/aromatic N) is 1. The normalized spacial score (nSPS) is 10.3. The quantitative estimate of drug-likeness (QED) is 0.716. The van der Waals surface area contributed by atoms with Crippen LogP contribution < -0.4 is 0 Å². The summed E-state index contributed by atoms with van der Waals surface area (Å²) in [5, 5.41) is 0. The van der Waals surface area contributed by atoms with E-state index in [4.69, 9.17) is 0 Å². The first-order valence-corrected chi connectivity index (χ1v) is 5.32. The number of benzene rings is 1. The van der Waals surface area contributed by atoms with Gasteiger partial charge >= 0.3 is 0 Å². The summed E-state index contributed by atoms with van der Waals surface area (Å²) in [5.74, 6) is 0. The lowest BCUT2D eigenvalue weighted by Gasteiger charge is -2.03. The molecule has 0 bridgehead atoms. The van der Waals surface area contributed by atoms with Crippen molar-refractivity contribution in [2.75, 3.05) is 0 Å². The van der Waals surface area contributed by atoms with Crippen molar-refractivity contribution in [1.29, 1.82) is 0 Å². The Morgan fingerprint density at radius 1 is 1.00 bits per heavy atom. The van der Waals surface area contributed by atoms with Gasteiger partial charge in [0.05, 0.1) is 5.69 Å². The van der Waals surface area contributed by atoms with Crippen LogP contribution in [0.4, 0.5) is 0 Å². The fourth-order valence-electron chi connectivity index (χ4n) is 1.62. The minimum atomic E-state index is 1.05. The second-order valence-corrected chi connectivity index (χ2v) is 3.71. The van der Waals surface area contributed by atoms with Crippen LogP contribution in [0.15, 0.2) is 42.5 Å². The molecule has 1 nitrogen and oxygen atoms in total. The van der Waals surface area contributed by atoms with Gasteiger partial charge in [-0.25, -0.2) is 0 Å². The van der Waals surface area contributed by atoms with E-state index in [1.54, 1.807) is 0 Å². The molecule has 0 N–H and O–H groups in total. The number of aryl methyl sites for hydroxylation is 2. The molecule has 0 atom stereocenters. The molecular weight excluding hydrogens is 182 g/mol. The molecule has 76 valence electrons. The molecule has 1 aromatic carbocycles.